The number of aryl methyl sites for hydroxylation is 2. The average molecular weight is 652 g/mol. The van der Waals surface area contributed by atoms with Crippen LogP contribution in [-0.4, -0.2) is 85.7 Å². The van der Waals surface area contributed by atoms with Gasteiger partial charge in [0, 0.05) is 57.9 Å². The minimum absolute atomic E-state index is 0.192. The summed E-state index contributed by atoms with van der Waals surface area (Å²) in [6.07, 6.45) is 4.16. The number of carbonyl (C=O) groups excluding carboxylic acids is 2. The molecule has 13 heteroatoms. The molecule has 0 bridgehead atoms. The molecule has 1 aliphatic heterocycles. The maximum Gasteiger partial charge on any atom is 0.275 e. The highest BCUT2D eigenvalue weighted by atomic mass is 16.5. The van der Waals surface area contributed by atoms with Crippen LogP contribution < -0.4 is 35.6 Å². The van der Waals surface area contributed by atoms with Crippen molar-refractivity contribution in [3.05, 3.63) is 83.8 Å². The lowest BCUT2D eigenvalue weighted by atomic mass is 10.1. The molecule has 0 spiro atoms. The molecule has 0 aliphatic carbocycles. The fourth-order valence-corrected chi connectivity index (χ4v) is 5.73. The molecule has 4 aromatic rings. The summed E-state index contributed by atoms with van der Waals surface area (Å²) < 4.78 is 7.21. The van der Waals surface area contributed by atoms with Gasteiger partial charge in [-0.25, -0.2) is 4.98 Å². The number of rotatable bonds is 11. The first kappa shape index (κ1) is 33.7. The number of amides is 2. The molecule has 13 nitrogen and oxygen atoms in total. The van der Waals surface area contributed by atoms with E-state index in [1.807, 2.05) is 62.1 Å². The number of carbonyl (C=O) groups is 2. The van der Waals surface area contributed by atoms with E-state index < -0.39 is 0 Å². The van der Waals surface area contributed by atoms with Gasteiger partial charge in [0.2, 0.25) is 11.9 Å². The summed E-state index contributed by atoms with van der Waals surface area (Å²) in [5.74, 6) is 0.195. The van der Waals surface area contributed by atoms with E-state index in [0.29, 0.717) is 53.5 Å². The molecule has 0 saturated heterocycles. The third kappa shape index (κ3) is 6.58. The average Bonchev–Trinajstić information content (AvgIpc) is 3.08. The van der Waals surface area contributed by atoms with Gasteiger partial charge in [-0.2, -0.15) is 4.98 Å². The van der Waals surface area contributed by atoms with Crippen LogP contribution in [0.15, 0.2) is 72.7 Å². The Hall–Kier alpha value is -5.69. The molecule has 0 fully saturated rings. The molecule has 48 heavy (non-hydrogen) atoms. The Morgan fingerprint density at radius 3 is 2.50 bits per heavy atom. The minimum atomic E-state index is -0.354. The molecule has 2 N–H and O–H groups in total. The number of fused-ring (bicyclic) bond motifs is 2. The van der Waals surface area contributed by atoms with E-state index in [4.69, 9.17) is 9.72 Å². The smallest absolute Gasteiger partial charge is 0.275 e. The number of likely N-dealkylation sites (N-methyl/N-ethyl adjacent to an activating group) is 2. The Balaban J connectivity index is 1.52. The highest BCUT2D eigenvalue weighted by Crippen LogP contribution is 2.40. The summed E-state index contributed by atoms with van der Waals surface area (Å²) in [7, 11) is 9.16. The summed E-state index contributed by atoms with van der Waals surface area (Å²) in [5.41, 5.74) is 4.87. The lowest BCUT2D eigenvalue weighted by Crippen LogP contribution is -2.43. The van der Waals surface area contributed by atoms with Crippen molar-refractivity contribution < 1.29 is 14.3 Å². The Morgan fingerprint density at radius 1 is 1.04 bits per heavy atom. The van der Waals surface area contributed by atoms with E-state index in [1.165, 1.54) is 16.7 Å². The summed E-state index contributed by atoms with van der Waals surface area (Å²) in [6.45, 7) is 11.5. The summed E-state index contributed by atoms with van der Waals surface area (Å²) in [4.78, 5) is 55.9. The van der Waals surface area contributed by atoms with Gasteiger partial charge in [0.05, 0.1) is 35.5 Å². The zero-order valence-corrected chi connectivity index (χ0v) is 28.2. The van der Waals surface area contributed by atoms with Gasteiger partial charge in [-0.05, 0) is 56.9 Å². The number of anilines is 7. The Kier molecular flexibility index (Phi) is 9.80. The van der Waals surface area contributed by atoms with E-state index >= 15 is 0 Å². The summed E-state index contributed by atoms with van der Waals surface area (Å²) >= 11 is 0. The van der Waals surface area contributed by atoms with Crippen LogP contribution in [0.3, 0.4) is 0 Å². The van der Waals surface area contributed by atoms with Crippen molar-refractivity contribution in [2.24, 2.45) is 7.05 Å². The van der Waals surface area contributed by atoms with E-state index in [0.717, 1.165) is 29.2 Å². The second-order valence-corrected chi connectivity index (χ2v) is 11.8. The van der Waals surface area contributed by atoms with Crippen molar-refractivity contribution in [1.82, 2.24) is 19.4 Å². The lowest BCUT2D eigenvalue weighted by molar-refractivity contribution is -0.114. The van der Waals surface area contributed by atoms with Crippen molar-refractivity contribution in [3.63, 3.8) is 0 Å². The highest BCUT2D eigenvalue weighted by molar-refractivity contribution is 6.05. The molecule has 1 aliphatic rings. The van der Waals surface area contributed by atoms with Gasteiger partial charge in [-0.1, -0.05) is 25.3 Å². The maximum atomic E-state index is 13.9. The van der Waals surface area contributed by atoms with Crippen molar-refractivity contribution in [3.8, 4) is 5.75 Å². The van der Waals surface area contributed by atoms with Crippen LogP contribution in [0.2, 0.25) is 0 Å². The van der Waals surface area contributed by atoms with Crippen molar-refractivity contribution in [2.45, 2.75) is 6.92 Å². The van der Waals surface area contributed by atoms with Crippen LogP contribution in [-0.2, 0) is 16.6 Å². The Bertz CT molecular complexity index is 1970. The molecular weight excluding hydrogens is 610 g/mol. The van der Waals surface area contributed by atoms with E-state index in [9.17, 15) is 14.4 Å². The molecule has 2 aromatic heterocycles. The van der Waals surface area contributed by atoms with Crippen LogP contribution >= 0.6 is 0 Å². The molecule has 0 radical (unpaired) electrons. The number of nitrogens with one attached hydrogen (secondary N) is 2. The molecule has 2 aromatic carbocycles. The first-order chi connectivity index (χ1) is 23.0. The number of hydrogen-bond acceptors (Lipinski definition) is 10. The van der Waals surface area contributed by atoms with E-state index in [1.54, 1.807) is 37.4 Å². The van der Waals surface area contributed by atoms with Gasteiger partial charge in [-0.3, -0.25) is 19.0 Å². The van der Waals surface area contributed by atoms with Crippen molar-refractivity contribution in [1.29, 1.82) is 0 Å². The first-order valence-corrected chi connectivity index (χ1v) is 15.4. The molecule has 3 heterocycles. The molecular formula is C35H41N9O4. The van der Waals surface area contributed by atoms with E-state index in [-0.39, 0.29) is 23.3 Å². The van der Waals surface area contributed by atoms with Crippen molar-refractivity contribution in [2.75, 3.05) is 79.8 Å². The second-order valence-electron chi connectivity index (χ2n) is 11.8. The number of methoxy groups -OCH3 is 1. The number of benzene rings is 2. The number of ether oxygens (including phenoxy) is 1. The van der Waals surface area contributed by atoms with Gasteiger partial charge in [-0.15, -0.1) is 0 Å². The number of para-hydroxylation sites is 1. The molecule has 2 amide bonds. The lowest BCUT2D eigenvalue weighted by Gasteiger charge is -2.38. The quantitative estimate of drug-likeness (QED) is 0.228. The van der Waals surface area contributed by atoms with Gasteiger partial charge in [0.25, 0.3) is 11.5 Å². The molecule has 0 saturated carbocycles. The zero-order valence-electron chi connectivity index (χ0n) is 28.2. The standard InChI is InChI=1S/C35H41N9O4/c1-9-30(45)37-24-19-25(29(48-8)20-27(24)41(6)15-14-40(4)5)38-35-36-21-23-18-28(34(47)42(7)33(23)39-35)43-16-17-44(31(46)10-2)32-22(3)12-11-13-26(32)43/h9-13,18-21H,1-2,14-17H2,3-8H3,(H,37,45)(H,36,38,39). The summed E-state index contributed by atoms with van der Waals surface area (Å²) in [5, 5.41) is 6.75. The predicted molar refractivity (Wildman–Crippen MR) is 192 cm³/mol. The SMILES string of the molecule is C=CC(=O)Nc1cc(Nc2ncc3cc(N4CCN(C(=O)C=C)c5c(C)cccc54)c(=O)n(C)c3n2)c(OC)cc1N(C)CCN(C)C. The number of aromatic nitrogens is 3. The third-order valence-corrected chi connectivity index (χ3v) is 8.29. The highest BCUT2D eigenvalue weighted by Gasteiger charge is 2.29. The predicted octanol–water partition coefficient (Wildman–Crippen LogP) is 4.18. The largest absolute Gasteiger partial charge is 0.494 e. The minimum Gasteiger partial charge on any atom is -0.494 e. The number of hydrogen-bond donors (Lipinski definition) is 2. The zero-order chi connectivity index (χ0) is 34.7. The van der Waals surface area contributed by atoms with Gasteiger partial charge in [0.1, 0.15) is 17.1 Å². The fourth-order valence-electron chi connectivity index (χ4n) is 5.73. The van der Waals surface area contributed by atoms with E-state index in [2.05, 4.69) is 33.7 Å². The number of pyridine rings is 1. The molecule has 0 atom stereocenters. The fraction of sp³-hybridized carbons (Fsp3) is 0.286. The monoisotopic (exact) mass is 651 g/mol. The van der Waals surface area contributed by atoms with Gasteiger partial charge >= 0.3 is 0 Å². The summed E-state index contributed by atoms with van der Waals surface area (Å²) in [6, 6.07) is 11.1. The Morgan fingerprint density at radius 2 is 1.81 bits per heavy atom. The second kappa shape index (κ2) is 14.0. The number of nitrogens with zero attached hydrogens (tertiary/aromatic N) is 7. The van der Waals surface area contributed by atoms with Crippen LogP contribution in [0.25, 0.3) is 11.0 Å². The molecule has 250 valence electrons. The normalized spacial score (nSPS) is 12.5. The molecule has 0 unspecified atom stereocenters. The van der Waals surface area contributed by atoms with Crippen LogP contribution in [0.5, 0.6) is 5.75 Å². The molecule has 5 rings (SSSR count). The maximum absolute atomic E-state index is 13.9. The third-order valence-electron chi connectivity index (χ3n) is 8.29. The van der Waals surface area contributed by atoms with Crippen molar-refractivity contribution >= 4 is 62.9 Å². The first-order valence-electron chi connectivity index (χ1n) is 15.4. The van der Waals surface area contributed by atoms with Crippen LogP contribution in [0.1, 0.15) is 5.56 Å². The van der Waals surface area contributed by atoms with Crippen LogP contribution in [0, 0.1) is 6.92 Å². The topological polar surface area (TPSA) is 128 Å². The van der Waals surface area contributed by atoms with Crippen LogP contribution in [0.4, 0.5) is 40.1 Å². The Labute approximate surface area is 279 Å². The van der Waals surface area contributed by atoms with Gasteiger partial charge in [0.15, 0.2) is 0 Å². The van der Waals surface area contributed by atoms with Gasteiger partial charge < -0.3 is 35.0 Å².